The summed E-state index contributed by atoms with van der Waals surface area (Å²) in [5, 5.41) is 12.0. The number of benzene rings is 1. The fourth-order valence-electron chi connectivity index (χ4n) is 1.74. The summed E-state index contributed by atoms with van der Waals surface area (Å²) in [5.41, 5.74) is -0.0270. The van der Waals surface area contributed by atoms with Gasteiger partial charge in [-0.15, -0.1) is 0 Å². The Hall–Kier alpha value is -2.35. The summed E-state index contributed by atoms with van der Waals surface area (Å²) in [7, 11) is 1.39. The minimum atomic E-state index is -1.09. The molecule has 2 rings (SSSR count). The highest BCUT2D eigenvalue weighted by Gasteiger charge is 2.19. The molecule has 22 heavy (non-hydrogen) atoms. The lowest BCUT2D eigenvalue weighted by molar-refractivity contribution is 0.0634. The molecule has 0 aliphatic heterocycles. The highest BCUT2D eigenvalue weighted by atomic mass is 32.1. The topological polar surface area (TPSA) is 97.8 Å². The van der Waals surface area contributed by atoms with Crippen LogP contribution in [0.3, 0.4) is 0 Å². The van der Waals surface area contributed by atoms with E-state index >= 15 is 0 Å². The maximum atomic E-state index is 11.7. The van der Waals surface area contributed by atoms with Crippen LogP contribution in [0.1, 0.15) is 31.1 Å². The number of hydrogen-bond acceptors (Lipinski definition) is 6. The summed E-state index contributed by atoms with van der Waals surface area (Å²) in [6.07, 6.45) is -0.614. The molecule has 7 nitrogen and oxygen atoms in total. The molecule has 1 aromatic heterocycles. The predicted octanol–water partition coefficient (Wildman–Crippen LogP) is 3.35. The average molecular weight is 324 g/mol. The van der Waals surface area contributed by atoms with Crippen molar-refractivity contribution in [3.63, 3.8) is 0 Å². The minimum absolute atomic E-state index is 0.0440. The number of fused-ring (bicyclic) bond motifs is 1. The van der Waals surface area contributed by atoms with Gasteiger partial charge in [0.05, 0.1) is 17.3 Å². The molecule has 0 spiro atoms. The van der Waals surface area contributed by atoms with Crippen molar-refractivity contribution in [1.82, 2.24) is 4.98 Å². The Bertz CT molecular complexity index is 733. The molecule has 0 atom stereocenters. The predicted molar refractivity (Wildman–Crippen MR) is 83.0 cm³/mol. The fraction of sp³-hybridized carbons (Fsp3) is 0.357. The lowest BCUT2D eigenvalue weighted by Gasteiger charge is -2.18. The molecule has 0 radical (unpaired) electrons. The fourth-order valence-corrected chi connectivity index (χ4v) is 2.61. The number of carbonyl (C=O) groups excluding carboxylic acids is 1. The molecule has 1 heterocycles. The van der Waals surface area contributed by atoms with Gasteiger partial charge in [0.1, 0.15) is 16.9 Å². The minimum Gasteiger partial charge on any atom is -0.496 e. The second-order valence-electron chi connectivity index (χ2n) is 5.47. The number of ether oxygens (including phenoxy) is 2. The molecule has 0 saturated carbocycles. The van der Waals surface area contributed by atoms with E-state index in [9.17, 15) is 9.59 Å². The maximum absolute atomic E-state index is 11.7. The number of aromatic nitrogens is 1. The Morgan fingerprint density at radius 2 is 2.00 bits per heavy atom. The van der Waals surface area contributed by atoms with Crippen molar-refractivity contribution in [2.75, 3.05) is 12.4 Å². The number of carboxylic acids is 1. The van der Waals surface area contributed by atoms with E-state index in [0.717, 1.165) is 11.3 Å². The van der Waals surface area contributed by atoms with Gasteiger partial charge < -0.3 is 14.6 Å². The second kappa shape index (κ2) is 5.80. The van der Waals surface area contributed by atoms with E-state index in [2.05, 4.69) is 10.3 Å². The van der Waals surface area contributed by atoms with Crippen LogP contribution in [0.15, 0.2) is 12.1 Å². The third kappa shape index (κ3) is 3.64. The Labute approximate surface area is 130 Å². The van der Waals surface area contributed by atoms with Gasteiger partial charge in [-0.25, -0.2) is 14.6 Å². The quantitative estimate of drug-likeness (QED) is 0.898. The Kier molecular flexibility index (Phi) is 4.23. The van der Waals surface area contributed by atoms with Crippen molar-refractivity contribution >= 4 is 38.7 Å². The number of amides is 1. The lowest BCUT2D eigenvalue weighted by Crippen LogP contribution is -2.27. The zero-order chi connectivity index (χ0) is 16.5. The second-order valence-corrected chi connectivity index (χ2v) is 6.50. The number of nitrogens with zero attached hydrogens (tertiary/aromatic N) is 1. The summed E-state index contributed by atoms with van der Waals surface area (Å²) in [5.74, 6) is -0.872. The molecule has 1 amide bonds. The Morgan fingerprint density at radius 3 is 2.55 bits per heavy atom. The number of carboxylic acid groups (broad SMARTS) is 1. The van der Waals surface area contributed by atoms with Gasteiger partial charge in [-0.3, -0.25) is 5.32 Å². The van der Waals surface area contributed by atoms with Gasteiger partial charge in [-0.2, -0.15) is 0 Å². The van der Waals surface area contributed by atoms with Gasteiger partial charge in [0.25, 0.3) is 0 Å². The first-order chi connectivity index (χ1) is 10.2. The molecule has 0 aliphatic rings. The van der Waals surface area contributed by atoms with Gasteiger partial charge >= 0.3 is 12.1 Å². The smallest absolute Gasteiger partial charge is 0.413 e. The van der Waals surface area contributed by atoms with Gasteiger partial charge in [0.15, 0.2) is 5.13 Å². The van der Waals surface area contributed by atoms with Crippen molar-refractivity contribution in [2.45, 2.75) is 26.4 Å². The highest BCUT2D eigenvalue weighted by molar-refractivity contribution is 7.22. The summed E-state index contributed by atoms with van der Waals surface area (Å²) in [6.45, 7) is 5.28. The molecule has 1 aromatic carbocycles. The number of nitrogens with one attached hydrogen (secondary N) is 1. The van der Waals surface area contributed by atoms with Gasteiger partial charge in [0.2, 0.25) is 0 Å². The van der Waals surface area contributed by atoms with Gasteiger partial charge in [-0.1, -0.05) is 11.3 Å². The van der Waals surface area contributed by atoms with E-state index in [1.807, 2.05) is 0 Å². The SMILES string of the molecule is COc1cc2nc(NC(=O)OC(C)(C)C)sc2cc1C(=O)O. The van der Waals surface area contributed by atoms with Crippen molar-refractivity contribution in [1.29, 1.82) is 0 Å². The number of anilines is 1. The number of hydrogen-bond donors (Lipinski definition) is 2. The van der Waals surface area contributed by atoms with Crippen LogP contribution in [0, 0.1) is 0 Å². The van der Waals surface area contributed by atoms with Crippen LogP contribution in [0.25, 0.3) is 10.2 Å². The Morgan fingerprint density at radius 1 is 1.32 bits per heavy atom. The van der Waals surface area contributed by atoms with Gasteiger partial charge in [-0.05, 0) is 26.8 Å². The third-order valence-electron chi connectivity index (χ3n) is 2.55. The van der Waals surface area contributed by atoms with Crippen LogP contribution in [-0.4, -0.2) is 34.9 Å². The Balaban J connectivity index is 2.31. The van der Waals surface area contributed by atoms with E-state index in [-0.39, 0.29) is 11.3 Å². The van der Waals surface area contributed by atoms with E-state index in [1.165, 1.54) is 19.2 Å². The number of thiazole rings is 1. The zero-order valence-electron chi connectivity index (χ0n) is 12.6. The zero-order valence-corrected chi connectivity index (χ0v) is 13.4. The number of carbonyl (C=O) groups is 2. The van der Waals surface area contributed by atoms with E-state index in [4.69, 9.17) is 14.6 Å². The molecule has 0 aliphatic carbocycles. The van der Waals surface area contributed by atoms with Crippen molar-refractivity contribution < 1.29 is 24.2 Å². The molecule has 8 heteroatoms. The van der Waals surface area contributed by atoms with Crippen LogP contribution >= 0.6 is 11.3 Å². The monoisotopic (exact) mass is 324 g/mol. The highest BCUT2D eigenvalue weighted by Crippen LogP contribution is 2.32. The number of methoxy groups -OCH3 is 1. The van der Waals surface area contributed by atoms with E-state index in [0.29, 0.717) is 15.3 Å². The molecule has 2 N–H and O–H groups in total. The standard InChI is InChI=1S/C14H16N2O5S/c1-14(2,3)21-13(19)16-12-15-8-6-9(20-4)7(11(17)18)5-10(8)22-12/h5-6H,1-4H3,(H,17,18)(H,15,16,19). The normalized spacial score (nSPS) is 11.3. The average Bonchev–Trinajstić information content (AvgIpc) is 2.75. The number of aromatic carboxylic acids is 1. The van der Waals surface area contributed by atoms with Crippen LogP contribution in [-0.2, 0) is 4.74 Å². The summed E-state index contributed by atoms with van der Waals surface area (Å²) >= 11 is 1.16. The third-order valence-corrected chi connectivity index (χ3v) is 3.48. The lowest BCUT2D eigenvalue weighted by atomic mass is 10.2. The summed E-state index contributed by atoms with van der Waals surface area (Å²) in [6, 6.07) is 2.99. The van der Waals surface area contributed by atoms with Crippen LogP contribution in [0.5, 0.6) is 5.75 Å². The van der Waals surface area contributed by atoms with Crippen LogP contribution in [0.4, 0.5) is 9.93 Å². The number of rotatable bonds is 3. The van der Waals surface area contributed by atoms with E-state index in [1.54, 1.807) is 20.8 Å². The molecule has 0 fully saturated rings. The molecule has 0 unspecified atom stereocenters. The van der Waals surface area contributed by atoms with Crippen molar-refractivity contribution in [2.24, 2.45) is 0 Å². The van der Waals surface area contributed by atoms with Gasteiger partial charge in [0, 0.05) is 6.07 Å². The largest absolute Gasteiger partial charge is 0.496 e. The van der Waals surface area contributed by atoms with Crippen molar-refractivity contribution in [3.05, 3.63) is 17.7 Å². The first-order valence-electron chi connectivity index (χ1n) is 6.41. The molecular formula is C14H16N2O5S. The van der Waals surface area contributed by atoms with Crippen LogP contribution < -0.4 is 10.1 Å². The molecule has 0 saturated heterocycles. The summed E-state index contributed by atoms with van der Waals surface area (Å²) in [4.78, 5) is 27.1. The molecule has 2 aromatic rings. The molecule has 0 bridgehead atoms. The van der Waals surface area contributed by atoms with Crippen molar-refractivity contribution in [3.8, 4) is 5.75 Å². The molecule has 118 valence electrons. The first kappa shape index (κ1) is 16.0. The summed E-state index contributed by atoms with van der Waals surface area (Å²) < 4.78 is 10.8. The first-order valence-corrected chi connectivity index (χ1v) is 7.23. The molecular weight excluding hydrogens is 308 g/mol. The maximum Gasteiger partial charge on any atom is 0.413 e. The van der Waals surface area contributed by atoms with E-state index < -0.39 is 17.7 Å². The van der Waals surface area contributed by atoms with Crippen LogP contribution in [0.2, 0.25) is 0 Å².